The molecule has 0 saturated carbocycles. The Labute approximate surface area is 143 Å². The van der Waals surface area contributed by atoms with Crippen LogP contribution in [0.25, 0.3) is 0 Å². The van der Waals surface area contributed by atoms with Gasteiger partial charge in [0.05, 0.1) is 12.7 Å². The molecule has 2 atom stereocenters. The van der Waals surface area contributed by atoms with Crippen molar-refractivity contribution in [3.05, 3.63) is 53.9 Å². The Bertz CT molecular complexity index is 667. The van der Waals surface area contributed by atoms with Gasteiger partial charge in [0.25, 0.3) is 0 Å². The molecule has 0 unspecified atom stereocenters. The van der Waals surface area contributed by atoms with Gasteiger partial charge in [-0.2, -0.15) is 5.10 Å². The Kier molecular flexibility index (Phi) is 5.30. The smallest absolute Gasteiger partial charge is 0.219 e. The maximum Gasteiger partial charge on any atom is 0.219 e. The van der Waals surface area contributed by atoms with Gasteiger partial charge in [0, 0.05) is 44.4 Å². The minimum absolute atomic E-state index is 0.183. The fourth-order valence-corrected chi connectivity index (χ4v) is 3.34. The molecule has 1 fully saturated rings. The molecule has 3 rings (SSSR count). The number of aromatic nitrogens is 2. The number of rotatable bonds is 5. The van der Waals surface area contributed by atoms with Crippen molar-refractivity contribution in [1.82, 2.24) is 20.0 Å². The zero-order valence-corrected chi connectivity index (χ0v) is 14.5. The molecular formula is C19H26N4O. The van der Waals surface area contributed by atoms with Gasteiger partial charge in [0.1, 0.15) is 0 Å². The molecule has 1 aliphatic heterocycles. The highest BCUT2D eigenvalue weighted by Gasteiger charge is 2.26. The van der Waals surface area contributed by atoms with E-state index in [0.29, 0.717) is 12.0 Å². The normalized spacial score (nSPS) is 21.0. The van der Waals surface area contributed by atoms with E-state index in [4.69, 9.17) is 0 Å². The number of carbonyl (C=O) groups is 1. The van der Waals surface area contributed by atoms with E-state index in [1.807, 2.05) is 21.8 Å². The lowest BCUT2D eigenvalue weighted by molar-refractivity contribution is -0.130. The molecule has 5 nitrogen and oxygen atoms in total. The molecule has 1 aromatic carbocycles. The second-order valence-electron chi connectivity index (χ2n) is 6.75. The van der Waals surface area contributed by atoms with Gasteiger partial charge in [-0.25, -0.2) is 0 Å². The third kappa shape index (κ3) is 4.23. The second kappa shape index (κ2) is 7.62. The first-order chi connectivity index (χ1) is 11.6. The first-order valence-electron chi connectivity index (χ1n) is 8.66. The number of carbonyl (C=O) groups excluding carboxylic acids is 1. The number of benzene rings is 1. The molecule has 0 spiro atoms. The Balaban J connectivity index is 1.50. The third-order valence-electron chi connectivity index (χ3n) is 4.79. The Morgan fingerprint density at radius 3 is 2.79 bits per heavy atom. The van der Waals surface area contributed by atoms with Crippen LogP contribution in [-0.4, -0.2) is 39.7 Å². The maximum atomic E-state index is 11.5. The van der Waals surface area contributed by atoms with E-state index < -0.39 is 0 Å². The SMILES string of the molecule is CC(=O)N1CC[C@H](NCc2cnn(Cc3ccccc3)c2)[C@H](C)C1. The van der Waals surface area contributed by atoms with Crippen molar-refractivity contribution < 1.29 is 4.79 Å². The molecule has 2 heterocycles. The lowest BCUT2D eigenvalue weighted by Crippen LogP contribution is -2.49. The van der Waals surface area contributed by atoms with E-state index in [9.17, 15) is 4.79 Å². The topological polar surface area (TPSA) is 50.2 Å². The zero-order chi connectivity index (χ0) is 16.9. The molecule has 128 valence electrons. The maximum absolute atomic E-state index is 11.5. The van der Waals surface area contributed by atoms with Crippen LogP contribution in [0.5, 0.6) is 0 Å². The molecule has 5 heteroatoms. The Hall–Kier alpha value is -2.14. The Morgan fingerprint density at radius 2 is 2.08 bits per heavy atom. The van der Waals surface area contributed by atoms with Crippen LogP contribution in [0.3, 0.4) is 0 Å². The predicted molar refractivity (Wildman–Crippen MR) is 94.4 cm³/mol. The van der Waals surface area contributed by atoms with Crippen LogP contribution >= 0.6 is 0 Å². The van der Waals surface area contributed by atoms with Crippen molar-refractivity contribution in [2.75, 3.05) is 13.1 Å². The van der Waals surface area contributed by atoms with Gasteiger partial charge < -0.3 is 10.2 Å². The summed E-state index contributed by atoms with van der Waals surface area (Å²) in [5, 5.41) is 8.09. The molecule has 1 aromatic heterocycles. The van der Waals surface area contributed by atoms with Crippen LogP contribution in [0.1, 0.15) is 31.4 Å². The predicted octanol–water partition coefficient (Wildman–Crippen LogP) is 2.28. The van der Waals surface area contributed by atoms with Crippen molar-refractivity contribution in [3.63, 3.8) is 0 Å². The summed E-state index contributed by atoms with van der Waals surface area (Å²) in [7, 11) is 0. The van der Waals surface area contributed by atoms with Gasteiger partial charge in [-0.05, 0) is 17.9 Å². The number of hydrogen-bond donors (Lipinski definition) is 1. The van der Waals surface area contributed by atoms with Gasteiger partial charge in [-0.15, -0.1) is 0 Å². The van der Waals surface area contributed by atoms with Crippen molar-refractivity contribution in [1.29, 1.82) is 0 Å². The van der Waals surface area contributed by atoms with Gasteiger partial charge in [-0.1, -0.05) is 37.3 Å². The highest BCUT2D eigenvalue weighted by atomic mass is 16.2. The van der Waals surface area contributed by atoms with Crippen LogP contribution in [0, 0.1) is 5.92 Å². The molecule has 1 N–H and O–H groups in total. The number of piperidine rings is 1. The molecule has 1 saturated heterocycles. The molecular weight excluding hydrogens is 300 g/mol. The molecule has 0 bridgehead atoms. The highest BCUT2D eigenvalue weighted by molar-refractivity contribution is 5.73. The number of nitrogens with zero attached hydrogens (tertiary/aromatic N) is 3. The lowest BCUT2D eigenvalue weighted by Gasteiger charge is -2.37. The monoisotopic (exact) mass is 326 g/mol. The average molecular weight is 326 g/mol. The van der Waals surface area contributed by atoms with Crippen LogP contribution in [0.4, 0.5) is 0 Å². The Morgan fingerprint density at radius 1 is 1.29 bits per heavy atom. The summed E-state index contributed by atoms with van der Waals surface area (Å²) in [4.78, 5) is 13.4. The van der Waals surface area contributed by atoms with E-state index in [1.165, 1.54) is 11.1 Å². The van der Waals surface area contributed by atoms with Gasteiger partial charge in [0.15, 0.2) is 0 Å². The number of likely N-dealkylation sites (tertiary alicyclic amines) is 1. The first-order valence-corrected chi connectivity index (χ1v) is 8.66. The van der Waals surface area contributed by atoms with Crippen LogP contribution in [0.15, 0.2) is 42.7 Å². The second-order valence-corrected chi connectivity index (χ2v) is 6.75. The fraction of sp³-hybridized carbons (Fsp3) is 0.474. The fourth-order valence-electron chi connectivity index (χ4n) is 3.34. The molecule has 1 amide bonds. The quantitative estimate of drug-likeness (QED) is 0.917. The molecule has 2 aromatic rings. The first kappa shape index (κ1) is 16.7. The number of nitrogens with one attached hydrogen (secondary N) is 1. The average Bonchev–Trinajstić information content (AvgIpc) is 3.02. The third-order valence-corrected chi connectivity index (χ3v) is 4.79. The summed E-state index contributed by atoms with van der Waals surface area (Å²) in [6.07, 6.45) is 5.06. The van der Waals surface area contributed by atoms with Crippen molar-refractivity contribution in [2.45, 2.75) is 39.4 Å². The van der Waals surface area contributed by atoms with Crippen molar-refractivity contribution in [3.8, 4) is 0 Å². The highest BCUT2D eigenvalue weighted by Crippen LogP contribution is 2.17. The number of amides is 1. The van der Waals surface area contributed by atoms with Crippen LogP contribution < -0.4 is 5.32 Å². The lowest BCUT2D eigenvalue weighted by atomic mass is 9.93. The van der Waals surface area contributed by atoms with Crippen molar-refractivity contribution in [2.24, 2.45) is 5.92 Å². The van der Waals surface area contributed by atoms with Crippen LogP contribution in [0.2, 0.25) is 0 Å². The summed E-state index contributed by atoms with van der Waals surface area (Å²) >= 11 is 0. The summed E-state index contributed by atoms with van der Waals surface area (Å²) in [6.45, 7) is 7.19. The molecule has 0 aliphatic carbocycles. The zero-order valence-electron chi connectivity index (χ0n) is 14.5. The van der Waals surface area contributed by atoms with E-state index in [-0.39, 0.29) is 5.91 Å². The van der Waals surface area contributed by atoms with Crippen molar-refractivity contribution >= 4 is 5.91 Å². The minimum atomic E-state index is 0.183. The largest absolute Gasteiger partial charge is 0.343 e. The summed E-state index contributed by atoms with van der Waals surface area (Å²) in [5.41, 5.74) is 2.46. The minimum Gasteiger partial charge on any atom is -0.343 e. The van der Waals surface area contributed by atoms with E-state index in [0.717, 1.165) is 32.6 Å². The van der Waals surface area contributed by atoms with Gasteiger partial charge >= 0.3 is 0 Å². The van der Waals surface area contributed by atoms with Gasteiger partial charge in [-0.3, -0.25) is 9.48 Å². The van der Waals surface area contributed by atoms with E-state index >= 15 is 0 Å². The summed E-state index contributed by atoms with van der Waals surface area (Å²) in [6, 6.07) is 10.8. The van der Waals surface area contributed by atoms with E-state index in [1.54, 1.807) is 6.92 Å². The molecule has 24 heavy (non-hydrogen) atoms. The van der Waals surface area contributed by atoms with Gasteiger partial charge in [0.2, 0.25) is 5.91 Å². The molecule has 1 aliphatic rings. The van der Waals surface area contributed by atoms with Crippen LogP contribution in [-0.2, 0) is 17.9 Å². The molecule has 0 radical (unpaired) electrons. The summed E-state index contributed by atoms with van der Waals surface area (Å²) in [5.74, 6) is 0.657. The number of hydrogen-bond acceptors (Lipinski definition) is 3. The van der Waals surface area contributed by atoms with E-state index in [2.05, 4.69) is 47.8 Å². The standard InChI is InChI=1S/C19H26N4O/c1-15-12-22(16(2)24)9-8-19(15)20-10-18-11-21-23(14-18)13-17-6-4-3-5-7-17/h3-7,11,14-15,19-20H,8-10,12-13H2,1-2H3/t15-,19+/m1/s1. The summed E-state index contributed by atoms with van der Waals surface area (Å²) < 4.78 is 1.98.